The van der Waals surface area contributed by atoms with Crippen LogP contribution in [0.15, 0.2) is 30.3 Å². The van der Waals surface area contributed by atoms with E-state index in [1.54, 1.807) is 24.3 Å². The Labute approximate surface area is 133 Å². The second-order valence-electron chi connectivity index (χ2n) is 5.11. The van der Waals surface area contributed by atoms with Crippen molar-refractivity contribution in [3.05, 3.63) is 41.5 Å². The van der Waals surface area contributed by atoms with Gasteiger partial charge in [-0.15, -0.1) is 0 Å². The lowest BCUT2D eigenvalue weighted by Crippen LogP contribution is -2.23. The van der Waals surface area contributed by atoms with Crippen LogP contribution in [0.4, 0.5) is 4.79 Å². The molecule has 0 N–H and O–H groups in total. The van der Waals surface area contributed by atoms with Crippen molar-refractivity contribution < 1.29 is 29.0 Å². The number of carbonyl (C=O) groups is 3. The van der Waals surface area contributed by atoms with Crippen LogP contribution >= 0.6 is 0 Å². The van der Waals surface area contributed by atoms with E-state index in [0.717, 1.165) is 19.3 Å². The minimum Gasteiger partial charge on any atom is -0.550 e. The van der Waals surface area contributed by atoms with Crippen molar-refractivity contribution in [1.29, 1.82) is 0 Å². The number of benzene rings is 1. The molecule has 0 amide bonds. The molecule has 0 fully saturated rings. The van der Waals surface area contributed by atoms with Crippen LogP contribution in [0.2, 0.25) is 0 Å². The van der Waals surface area contributed by atoms with E-state index in [2.05, 4.69) is 4.74 Å². The molecule has 1 aromatic rings. The van der Waals surface area contributed by atoms with Crippen LogP contribution in [-0.4, -0.2) is 30.9 Å². The summed E-state index contributed by atoms with van der Waals surface area (Å²) < 4.78 is 9.93. The maximum Gasteiger partial charge on any atom is 0.251 e. The van der Waals surface area contributed by atoms with Gasteiger partial charge in [-0.25, -0.2) is 0 Å². The van der Waals surface area contributed by atoms with E-state index in [-0.39, 0.29) is 6.61 Å². The molecule has 122 valence electrons. The number of Topliss-reactive ketones (excluding diaryl/α,β-unsaturated/α-hetero) is 1. The van der Waals surface area contributed by atoms with Crippen LogP contribution in [0.3, 0.4) is 0 Å². The van der Waals surface area contributed by atoms with E-state index in [0.29, 0.717) is 29.9 Å². The molecular weight excluding hydrogens is 300 g/mol. The summed E-state index contributed by atoms with van der Waals surface area (Å²) in [7, 11) is 0. The summed E-state index contributed by atoms with van der Waals surface area (Å²) in [6.45, 7) is 0.557. The highest BCUT2D eigenvalue weighted by Gasteiger charge is 2.26. The Morgan fingerprint density at radius 2 is 1.61 bits per heavy atom. The molecule has 0 heterocycles. The van der Waals surface area contributed by atoms with E-state index in [4.69, 9.17) is 4.74 Å². The first kappa shape index (κ1) is 16.7. The van der Waals surface area contributed by atoms with Crippen molar-refractivity contribution in [3.8, 4) is 0 Å². The number of rotatable bonds is 8. The number of carbonyl (C=O) groups excluding carboxylic acids is 3. The molecule has 0 saturated heterocycles. The van der Waals surface area contributed by atoms with Gasteiger partial charge in [-0.1, -0.05) is 37.1 Å². The Kier molecular flexibility index (Phi) is 5.91. The second-order valence-corrected chi connectivity index (χ2v) is 5.11. The van der Waals surface area contributed by atoms with E-state index >= 15 is 0 Å². The molecule has 0 saturated carbocycles. The Balaban J connectivity index is 1.76. The van der Waals surface area contributed by atoms with Crippen molar-refractivity contribution in [2.24, 2.45) is 0 Å². The lowest BCUT2D eigenvalue weighted by atomic mass is 9.94. The molecule has 0 aliphatic heterocycles. The minimum absolute atomic E-state index is 0.137. The van der Waals surface area contributed by atoms with Gasteiger partial charge in [-0.3, -0.25) is 9.59 Å². The van der Waals surface area contributed by atoms with E-state index in [9.17, 15) is 19.5 Å². The largest absolute Gasteiger partial charge is 0.550 e. The molecular formula is C17H17O6-. The van der Waals surface area contributed by atoms with Gasteiger partial charge in [0, 0.05) is 23.8 Å². The van der Waals surface area contributed by atoms with Crippen LogP contribution in [-0.2, 0) is 14.3 Å². The fraction of sp³-hybridized carbons (Fsp3) is 0.353. The third-order valence-corrected chi connectivity index (χ3v) is 3.44. The zero-order valence-corrected chi connectivity index (χ0v) is 12.6. The molecule has 1 aliphatic carbocycles. The standard InChI is InChI=1S/C17H18O6/c18-14-11-15(12-7-3-4-8-13(12)16(14)19)22-9-5-1-2-6-10-23-17(20)21/h3-4,7-8,11H,1-2,5-6,9-10H2,(H,20,21)/p-1. The Morgan fingerprint density at radius 1 is 0.957 bits per heavy atom. The number of hydrogen-bond donors (Lipinski definition) is 0. The maximum absolute atomic E-state index is 11.8. The van der Waals surface area contributed by atoms with Crippen LogP contribution < -0.4 is 5.11 Å². The van der Waals surface area contributed by atoms with E-state index < -0.39 is 17.7 Å². The van der Waals surface area contributed by atoms with Gasteiger partial charge in [0.25, 0.3) is 6.16 Å². The number of hydrogen-bond acceptors (Lipinski definition) is 6. The number of carboxylic acid groups (broad SMARTS) is 1. The molecule has 6 nitrogen and oxygen atoms in total. The summed E-state index contributed by atoms with van der Waals surface area (Å²) in [6, 6.07) is 6.87. The first-order valence-electron chi connectivity index (χ1n) is 7.46. The van der Waals surface area contributed by atoms with Gasteiger partial charge in [-0.2, -0.15) is 0 Å². The van der Waals surface area contributed by atoms with Gasteiger partial charge in [-0.05, 0) is 12.8 Å². The maximum atomic E-state index is 11.8. The summed E-state index contributed by atoms with van der Waals surface area (Å²) in [5, 5.41) is 10.0. The van der Waals surface area contributed by atoms with Crippen LogP contribution in [0.5, 0.6) is 0 Å². The van der Waals surface area contributed by atoms with Gasteiger partial charge in [0.05, 0.1) is 6.61 Å². The number of ketones is 2. The number of ether oxygens (including phenoxy) is 2. The first-order valence-corrected chi connectivity index (χ1v) is 7.46. The van der Waals surface area contributed by atoms with Crippen molar-refractivity contribution in [2.75, 3.05) is 13.2 Å². The topological polar surface area (TPSA) is 92.7 Å². The van der Waals surface area contributed by atoms with Crippen molar-refractivity contribution >= 4 is 23.5 Å². The molecule has 1 aliphatic rings. The molecule has 1 aromatic carbocycles. The van der Waals surface area contributed by atoms with Gasteiger partial charge < -0.3 is 19.4 Å². The molecule has 0 atom stereocenters. The highest BCUT2D eigenvalue weighted by molar-refractivity contribution is 6.50. The molecule has 23 heavy (non-hydrogen) atoms. The highest BCUT2D eigenvalue weighted by Crippen LogP contribution is 2.25. The van der Waals surface area contributed by atoms with Gasteiger partial charge >= 0.3 is 0 Å². The Bertz CT molecular complexity index is 632. The summed E-state index contributed by atoms with van der Waals surface area (Å²) in [6.07, 6.45) is 2.77. The van der Waals surface area contributed by atoms with Crippen molar-refractivity contribution in [2.45, 2.75) is 25.7 Å². The predicted molar refractivity (Wildman–Crippen MR) is 79.5 cm³/mol. The van der Waals surface area contributed by atoms with E-state index in [1.807, 2.05) is 0 Å². The summed E-state index contributed by atoms with van der Waals surface area (Å²) in [5.41, 5.74) is 1.01. The average molecular weight is 317 g/mol. The number of allylic oxidation sites excluding steroid dienone is 1. The van der Waals surface area contributed by atoms with Gasteiger partial charge in [0.1, 0.15) is 5.76 Å². The second kappa shape index (κ2) is 8.12. The van der Waals surface area contributed by atoms with Crippen molar-refractivity contribution in [3.63, 3.8) is 0 Å². The van der Waals surface area contributed by atoms with Gasteiger partial charge in [0.15, 0.2) is 0 Å². The average Bonchev–Trinajstić information content (AvgIpc) is 2.54. The molecule has 0 radical (unpaired) electrons. The van der Waals surface area contributed by atoms with Gasteiger partial charge in [0.2, 0.25) is 11.6 Å². The first-order chi connectivity index (χ1) is 11.1. The summed E-state index contributed by atoms with van der Waals surface area (Å²) in [4.78, 5) is 33.5. The third kappa shape index (κ3) is 4.67. The lowest BCUT2D eigenvalue weighted by Gasteiger charge is -2.17. The molecule has 0 bridgehead atoms. The normalized spacial score (nSPS) is 13.3. The van der Waals surface area contributed by atoms with Crippen LogP contribution in [0.1, 0.15) is 41.6 Å². The monoisotopic (exact) mass is 317 g/mol. The zero-order valence-electron chi connectivity index (χ0n) is 12.6. The third-order valence-electron chi connectivity index (χ3n) is 3.44. The lowest BCUT2D eigenvalue weighted by molar-refractivity contribution is -0.282. The quantitative estimate of drug-likeness (QED) is 0.412. The Hall–Kier alpha value is -2.63. The van der Waals surface area contributed by atoms with Crippen molar-refractivity contribution in [1.82, 2.24) is 0 Å². The zero-order chi connectivity index (χ0) is 16.7. The SMILES string of the molecule is O=C([O-])OCCCCCCOC1=CC(=O)C(=O)c2ccccc21. The Morgan fingerprint density at radius 3 is 2.30 bits per heavy atom. The minimum atomic E-state index is -1.50. The molecule has 0 unspecified atom stereocenters. The predicted octanol–water partition coefficient (Wildman–Crippen LogP) is 1.73. The van der Waals surface area contributed by atoms with E-state index in [1.165, 1.54) is 6.08 Å². The highest BCUT2D eigenvalue weighted by atomic mass is 16.7. The fourth-order valence-electron chi connectivity index (χ4n) is 2.31. The smallest absolute Gasteiger partial charge is 0.251 e. The van der Waals surface area contributed by atoms with Crippen LogP contribution in [0.25, 0.3) is 5.76 Å². The molecule has 0 spiro atoms. The molecule has 0 aromatic heterocycles. The number of fused-ring (bicyclic) bond motifs is 1. The summed E-state index contributed by atoms with van der Waals surface area (Å²) >= 11 is 0. The molecule has 6 heteroatoms. The number of unbranched alkanes of at least 4 members (excludes halogenated alkanes) is 3. The van der Waals surface area contributed by atoms with Crippen LogP contribution in [0, 0.1) is 0 Å². The fourth-order valence-corrected chi connectivity index (χ4v) is 2.31. The molecule has 2 rings (SSSR count). The summed E-state index contributed by atoms with van der Waals surface area (Å²) in [5.74, 6) is -0.663.